The van der Waals surface area contributed by atoms with Crippen LogP contribution < -0.4 is 0 Å². The highest BCUT2D eigenvalue weighted by molar-refractivity contribution is 5.91. The summed E-state index contributed by atoms with van der Waals surface area (Å²) in [4.78, 5) is 15.9. The van der Waals surface area contributed by atoms with Gasteiger partial charge in [-0.2, -0.15) is 0 Å². The van der Waals surface area contributed by atoms with Crippen LogP contribution in [0.1, 0.15) is 65.2 Å². The summed E-state index contributed by atoms with van der Waals surface area (Å²) in [6, 6.07) is 0.757. The minimum atomic E-state index is 0.163. The van der Waals surface area contributed by atoms with Crippen molar-refractivity contribution in [2.24, 2.45) is 45.8 Å². The first kappa shape index (κ1) is 14.8. The predicted molar refractivity (Wildman–Crippen MR) is 94.5 cm³/mol. The number of fused-ring (bicyclic) bond motifs is 3. The summed E-state index contributed by atoms with van der Waals surface area (Å²) in [5.74, 6) is 4.83. The zero-order valence-electron chi connectivity index (χ0n) is 15.7. The van der Waals surface area contributed by atoms with Gasteiger partial charge >= 0.3 is 0 Å². The van der Waals surface area contributed by atoms with Crippen molar-refractivity contribution in [3.05, 3.63) is 0 Å². The number of nitrogens with zero attached hydrogens (tertiary/aromatic N) is 1. The van der Waals surface area contributed by atoms with E-state index in [2.05, 4.69) is 25.8 Å². The minimum absolute atomic E-state index is 0.163. The van der Waals surface area contributed by atoms with Gasteiger partial charge in [0.2, 0.25) is 0 Å². The maximum atomic E-state index is 13.3. The van der Waals surface area contributed by atoms with Gasteiger partial charge < -0.3 is 4.90 Å². The summed E-state index contributed by atoms with van der Waals surface area (Å²) in [5, 5.41) is 0. The Bertz CT molecular complexity index is 629. The van der Waals surface area contributed by atoms with E-state index < -0.39 is 0 Å². The average Bonchev–Trinajstić information content (AvgIpc) is 2.96. The summed E-state index contributed by atoms with van der Waals surface area (Å²) < 4.78 is 0. The van der Waals surface area contributed by atoms with Gasteiger partial charge in [0.15, 0.2) is 0 Å². The molecule has 24 heavy (non-hydrogen) atoms. The standard InChI is InChI=1S/C22H33NO/c1-13-16-4-5-18-15-10-19(24)22-11-14(22)6-8-20(22,2)17(15)7-9-21(16,18)12-23(13)3/h13-18H,4-12H2,1-3H3. The van der Waals surface area contributed by atoms with E-state index in [4.69, 9.17) is 0 Å². The van der Waals surface area contributed by atoms with Crippen LogP contribution in [0.3, 0.4) is 0 Å². The molecule has 1 aliphatic heterocycles. The maximum Gasteiger partial charge on any atom is 0.140 e. The van der Waals surface area contributed by atoms with Crippen LogP contribution in [0.15, 0.2) is 0 Å². The number of carbonyl (C=O) groups is 1. The van der Waals surface area contributed by atoms with Crippen molar-refractivity contribution in [2.75, 3.05) is 13.6 Å². The lowest BCUT2D eigenvalue weighted by Crippen LogP contribution is -2.56. The molecular formula is C22H33NO. The summed E-state index contributed by atoms with van der Waals surface area (Å²) in [7, 11) is 2.34. The fourth-order valence-corrected chi connectivity index (χ4v) is 9.81. The Morgan fingerprint density at radius 2 is 1.83 bits per heavy atom. The molecule has 2 nitrogen and oxygen atoms in total. The number of Topliss-reactive ketones (excluding diaryl/α,β-unsaturated/α-hetero) is 1. The Hall–Kier alpha value is -0.370. The predicted octanol–water partition coefficient (Wildman–Crippen LogP) is 4.14. The third-order valence-corrected chi connectivity index (χ3v) is 10.9. The maximum absolute atomic E-state index is 13.3. The molecule has 0 N–H and O–H groups in total. The summed E-state index contributed by atoms with van der Waals surface area (Å²) >= 11 is 0. The first-order chi connectivity index (χ1) is 11.4. The minimum Gasteiger partial charge on any atom is -0.303 e. The van der Waals surface area contributed by atoms with Crippen LogP contribution >= 0.6 is 0 Å². The highest BCUT2D eigenvalue weighted by atomic mass is 16.1. The average molecular weight is 328 g/mol. The van der Waals surface area contributed by atoms with E-state index in [1.165, 1.54) is 51.5 Å². The van der Waals surface area contributed by atoms with E-state index in [1.807, 2.05) is 0 Å². The number of hydrogen-bond acceptors (Lipinski definition) is 2. The lowest BCUT2D eigenvalue weighted by atomic mass is 9.46. The van der Waals surface area contributed by atoms with Gasteiger partial charge in [-0.1, -0.05) is 6.92 Å². The van der Waals surface area contributed by atoms with Crippen LogP contribution in [0, 0.1) is 45.8 Å². The Balaban J connectivity index is 1.41. The van der Waals surface area contributed by atoms with Crippen LogP contribution in [0.25, 0.3) is 0 Å². The van der Waals surface area contributed by atoms with Gasteiger partial charge in [-0.3, -0.25) is 4.79 Å². The number of rotatable bonds is 0. The van der Waals surface area contributed by atoms with Crippen molar-refractivity contribution in [1.29, 1.82) is 0 Å². The van der Waals surface area contributed by atoms with E-state index in [0.29, 0.717) is 16.6 Å². The van der Waals surface area contributed by atoms with E-state index in [9.17, 15) is 4.79 Å². The molecule has 6 rings (SSSR count). The van der Waals surface area contributed by atoms with Crippen molar-refractivity contribution in [3.63, 3.8) is 0 Å². The first-order valence-electron chi connectivity index (χ1n) is 10.7. The summed E-state index contributed by atoms with van der Waals surface area (Å²) in [6.45, 7) is 6.32. The molecule has 1 heterocycles. The lowest BCUT2D eigenvalue weighted by molar-refractivity contribution is -0.150. The fraction of sp³-hybridized carbons (Fsp3) is 0.955. The van der Waals surface area contributed by atoms with Gasteiger partial charge in [0.05, 0.1) is 0 Å². The third kappa shape index (κ3) is 1.32. The SMILES string of the molecule is CC1C2CCC3C4CC(=O)C56CC5CCC6(C)C4CCC32CN1C. The molecule has 9 unspecified atom stereocenters. The van der Waals surface area contributed by atoms with Crippen LogP contribution in [-0.2, 0) is 4.79 Å². The molecule has 9 atom stereocenters. The van der Waals surface area contributed by atoms with E-state index in [0.717, 1.165) is 42.1 Å². The van der Waals surface area contributed by atoms with Gasteiger partial charge in [-0.05, 0) is 99.3 Å². The van der Waals surface area contributed by atoms with Crippen LogP contribution in [0.5, 0.6) is 0 Å². The molecule has 2 spiro atoms. The normalized spacial score (nSPS) is 64.2. The molecule has 6 aliphatic rings. The fourth-order valence-electron chi connectivity index (χ4n) is 9.81. The molecular weight excluding hydrogens is 294 g/mol. The molecule has 2 heteroatoms. The number of ketones is 1. The molecule has 6 fully saturated rings. The van der Waals surface area contributed by atoms with Crippen molar-refractivity contribution in [1.82, 2.24) is 4.90 Å². The lowest BCUT2D eigenvalue weighted by Gasteiger charge is -2.58. The van der Waals surface area contributed by atoms with Gasteiger partial charge in [-0.25, -0.2) is 0 Å². The Morgan fingerprint density at radius 3 is 2.62 bits per heavy atom. The number of likely N-dealkylation sites (tertiary alicyclic amines) is 1. The molecule has 0 aromatic heterocycles. The van der Waals surface area contributed by atoms with Crippen LogP contribution in [-0.4, -0.2) is 30.3 Å². The highest BCUT2D eigenvalue weighted by Crippen LogP contribution is 2.80. The Kier molecular flexibility index (Phi) is 2.54. The molecule has 132 valence electrons. The topological polar surface area (TPSA) is 20.3 Å². The van der Waals surface area contributed by atoms with Gasteiger partial charge in [-0.15, -0.1) is 0 Å². The number of carbonyl (C=O) groups excluding carboxylic acids is 1. The van der Waals surface area contributed by atoms with Gasteiger partial charge in [0, 0.05) is 24.4 Å². The molecule has 0 amide bonds. The van der Waals surface area contributed by atoms with Crippen molar-refractivity contribution in [3.8, 4) is 0 Å². The largest absolute Gasteiger partial charge is 0.303 e. The molecule has 0 aromatic carbocycles. The molecule has 0 aromatic rings. The molecule has 5 saturated carbocycles. The molecule has 1 saturated heterocycles. The monoisotopic (exact) mass is 327 g/mol. The molecule has 0 bridgehead atoms. The Labute approximate surface area is 146 Å². The Morgan fingerprint density at radius 1 is 1.04 bits per heavy atom. The number of hydrogen-bond donors (Lipinski definition) is 0. The first-order valence-corrected chi connectivity index (χ1v) is 10.7. The van der Waals surface area contributed by atoms with Crippen molar-refractivity contribution < 1.29 is 4.79 Å². The third-order valence-electron chi connectivity index (χ3n) is 10.9. The van der Waals surface area contributed by atoms with Crippen molar-refractivity contribution >= 4 is 5.78 Å². The second-order valence-electron chi connectivity index (χ2n) is 10.9. The molecule has 5 aliphatic carbocycles. The highest BCUT2D eigenvalue weighted by Gasteiger charge is 2.78. The van der Waals surface area contributed by atoms with Crippen molar-refractivity contribution in [2.45, 2.75) is 71.3 Å². The zero-order valence-corrected chi connectivity index (χ0v) is 15.7. The second kappa shape index (κ2) is 4.13. The summed E-state index contributed by atoms with van der Waals surface area (Å²) in [6.07, 6.45) is 10.6. The second-order valence-corrected chi connectivity index (χ2v) is 10.9. The van der Waals surface area contributed by atoms with E-state index in [-0.39, 0.29) is 5.41 Å². The van der Waals surface area contributed by atoms with Gasteiger partial charge in [0.1, 0.15) is 5.78 Å². The zero-order chi connectivity index (χ0) is 16.5. The van der Waals surface area contributed by atoms with Crippen LogP contribution in [0.2, 0.25) is 0 Å². The summed E-state index contributed by atoms with van der Waals surface area (Å²) in [5.41, 5.74) is 1.10. The quantitative estimate of drug-likeness (QED) is 0.666. The van der Waals surface area contributed by atoms with E-state index in [1.54, 1.807) is 0 Å². The van der Waals surface area contributed by atoms with Gasteiger partial charge in [0.25, 0.3) is 0 Å². The smallest absolute Gasteiger partial charge is 0.140 e. The van der Waals surface area contributed by atoms with Crippen LogP contribution in [0.4, 0.5) is 0 Å². The van der Waals surface area contributed by atoms with E-state index >= 15 is 0 Å². The molecule has 0 radical (unpaired) electrons.